The number of aromatic amines is 1. The van der Waals surface area contributed by atoms with Crippen molar-refractivity contribution in [1.29, 1.82) is 0 Å². The first-order chi connectivity index (χ1) is 11.7. The number of nitrogens with zero attached hydrogens (tertiary/aromatic N) is 3. The number of nitrogens with one attached hydrogen (secondary N) is 2. The summed E-state index contributed by atoms with van der Waals surface area (Å²) >= 11 is 4.96. The molecule has 0 aliphatic heterocycles. The Balaban J connectivity index is 1.62. The van der Waals surface area contributed by atoms with E-state index >= 15 is 0 Å². The molecule has 0 unspecified atom stereocenters. The zero-order chi connectivity index (χ0) is 16.5. The molecule has 3 aromatic heterocycles. The molecule has 8 heteroatoms. The predicted octanol–water partition coefficient (Wildman–Crippen LogP) is 3.52. The lowest BCUT2D eigenvalue weighted by atomic mass is 10.3. The van der Waals surface area contributed by atoms with Gasteiger partial charge >= 0.3 is 0 Å². The summed E-state index contributed by atoms with van der Waals surface area (Å²) < 4.78 is 2.38. The molecule has 4 rings (SSSR count). The Hall–Kier alpha value is -2.45. The summed E-state index contributed by atoms with van der Waals surface area (Å²) in [5.41, 5.74) is 1.43. The van der Waals surface area contributed by atoms with Crippen LogP contribution in [-0.2, 0) is 6.54 Å². The Morgan fingerprint density at radius 3 is 2.79 bits per heavy atom. The maximum atomic E-state index is 12.3. The minimum absolute atomic E-state index is 0.178. The highest BCUT2D eigenvalue weighted by Gasteiger charge is 2.10. The minimum atomic E-state index is -0.178. The quantitative estimate of drug-likeness (QED) is 0.548. The summed E-state index contributed by atoms with van der Waals surface area (Å²) in [4.78, 5) is 22.1. The number of benzene rings is 1. The number of aromatic nitrogens is 4. The molecule has 0 saturated heterocycles. The zero-order valence-corrected chi connectivity index (χ0v) is 14.8. The number of fused-ring (bicyclic) bond motifs is 1. The number of thiophene rings is 1. The van der Waals surface area contributed by atoms with E-state index in [4.69, 9.17) is 0 Å². The summed E-state index contributed by atoms with van der Waals surface area (Å²) in [5.74, 6) is 1.02. The van der Waals surface area contributed by atoms with E-state index in [1.807, 2.05) is 41.8 Å². The topological polar surface area (TPSA) is 75.1 Å². The van der Waals surface area contributed by atoms with E-state index in [-0.39, 0.29) is 5.56 Å². The number of rotatable bonds is 4. The monoisotopic (exact) mass is 401 g/mol. The molecule has 120 valence electrons. The first kappa shape index (κ1) is 15.1. The fraction of sp³-hybridized carbons (Fsp3) is 0.0625. The Morgan fingerprint density at radius 1 is 1.21 bits per heavy atom. The van der Waals surface area contributed by atoms with Gasteiger partial charge in [0.2, 0.25) is 0 Å². The third-order valence-electron chi connectivity index (χ3n) is 3.46. The van der Waals surface area contributed by atoms with Crippen LogP contribution in [0.1, 0.15) is 5.69 Å². The van der Waals surface area contributed by atoms with Gasteiger partial charge in [-0.25, -0.2) is 4.98 Å². The smallest absolute Gasteiger partial charge is 0.274 e. The molecule has 0 bridgehead atoms. The highest BCUT2D eigenvalue weighted by molar-refractivity contribution is 9.10. The third kappa shape index (κ3) is 2.98. The van der Waals surface area contributed by atoms with Crippen LogP contribution in [0.2, 0.25) is 0 Å². The lowest BCUT2D eigenvalue weighted by molar-refractivity contribution is 0.879. The summed E-state index contributed by atoms with van der Waals surface area (Å²) in [7, 11) is 0. The van der Waals surface area contributed by atoms with Crippen LogP contribution in [-0.4, -0.2) is 19.6 Å². The Kier molecular flexibility index (Phi) is 3.91. The van der Waals surface area contributed by atoms with Crippen LogP contribution in [0.4, 0.5) is 5.69 Å². The molecule has 0 amide bonds. The second-order valence-electron chi connectivity index (χ2n) is 5.13. The molecule has 0 atom stereocenters. The van der Waals surface area contributed by atoms with E-state index in [0.29, 0.717) is 23.8 Å². The molecule has 0 radical (unpaired) electrons. The van der Waals surface area contributed by atoms with E-state index in [9.17, 15) is 4.79 Å². The van der Waals surface area contributed by atoms with Crippen molar-refractivity contribution in [3.05, 3.63) is 68.4 Å². The summed E-state index contributed by atoms with van der Waals surface area (Å²) in [6.45, 7) is 0.453. The van der Waals surface area contributed by atoms with Crippen LogP contribution in [0.3, 0.4) is 0 Å². The Bertz CT molecular complexity index is 1040. The van der Waals surface area contributed by atoms with E-state index in [0.717, 1.165) is 15.0 Å². The highest BCUT2D eigenvalue weighted by Crippen LogP contribution is 2.21. The van der Waals surface area contributed by atoms with Crippen LogP contribution in [0, 0.1) is 0 Å². The number of halogens is 1. The van der Waals surface area contributed by atoms with Crippen LogP contribution in [0.5, 0.6) is 0 Å². The normalized spacial score (nSPS) is 11.0. The van der Waals surface area contributed by atoms with Gasteiger partial charge in [0.05, 0.1) is 17.1 Å². The van der Waals surface area contributed by atoms with Crippen molar-refractivity contribution in [3.8, 4) is 10.7 Å². The van der Waals surface area contributed by atoms with Crippen molar-refractivity contribution in [1.82, 2.24) is 19.6 Å². The van der Waals surface area contributed by atoms with Crippen molar-refractivity contribution in [2.75, 3.05) is 5.32 Å². The van der Waals surface area contributed by atoms with Gasteiger partial charge in [-0.3, -0.25) is 9.89 Å². The van der Waals surface area contributed by atoms with E-state index in [1.165, 1.54) is 10.6 Å². The first-order valence-corrected chi connectivity index (χ1v) is 8.88. The second kappa shape index (κ2) is 6.21. The molecule has 2 N–H and O–H groups in total. The molecule has 6 nitrogen and oxygen atoms in total. The van der Waals surface area contributed by atoms with Gasteiger partial charge in [-0.1, -0.05) is 22.0 Å². The Labute approximate surface area is 149 Å². The van der Waals surface area contributed by atoms with E-state index < -0.39 is 0 Å². The number of anilines is 1. The van der Waals surface area contributed by atoms with Crippen LogP contribution >= 0.6 is 27.3 Å². The molecule has 0 spiro atoms. The third-order valence-corrected chi connectivity index (χ3v) is 4.86. The van der Waals surface area contributed by atoms with Crippen molar-refractivity contribution in [3.63, 3.8) is 0 Å². The van der Waals surface area contributed by atoms with Gasteiger partial charge in [0.15, 0.2) is 5.82 Å². The fourth-order valence-electron chi connectivity index (χ4n) is 2.30. The lowest BCUT2D eigenvalue weighted by Gasteiger charge is -2.05. The largest absolute Gasteiger partial charge is 0.379 e. The molecular weight excluding hydrogens is 390 g/mol. The lowest BCUT2D eigenvalue weighted by Crippen LogP contribution is -2.17. The second-order valence-corrected chi connectivity index (χ2v) is 6.99. The van der Waals surface area contributed by atoms with Crippen LogP contribution in [0.15, 0.2) is 57.1 Å². The van der Waals surface area contributed by atoms with Crippen molar-refractivity contribution < 1.29 is 0 Å². The SMILES string of the molecule is O=c1cc(CNc2ccc(Br)cc2)nc2nc(-c3cccs3)[nH]n12. The first-order valence-electron chi connectivity index (χ1n) is 7.21. The average Bonchev–Trinajstić information content (AvgIpc) is 3.23. The molecule has 0 aliphatic carbocycles. The van der Waals surface area contributed by atoms with Gasteiger partial charge in [0.1, 0.15) is 0 Å². The molecule has 0 fully saturated rings. The van der Waals surface area contributed by atoms with Gasteiger partial charge in [-0.05, 0) is 35.7 Å². The Morgan fingerprint density at radius 2 is 2.04 bits per heavy atom. The van der Waals surface area contributed by atoms with Crippen molar-refractivity contribution >= 4 is 38.7 Å². The predicted molar refractivity (Wildman–Crippen MR) is 98.4 cm³/mol. The van der Waals surface area contributed by atoms with Crippen molar-refractivity contribution in [2.45, 2.75) is 6.54 Å². The average molecular weight is 402 g/mol. The minimum Gasteiger partial charge on any atom is -0.379 e. The molecule has 0 saturated carbocycles. The van der Waals surface area contributed by atoms with Gasteiger partial charge in [-0.2, -0.15) is 9.50 Å². The summed E-state index contributed by atoms with van der Waals surface area (Å²) in [6.07, 6.45) is 0. The standard InChI is InChI=1S/C16H12BrN5OS/c17-10-3-5-11(6-4-10)18-9-12-8-14(23)22-16(19-12)20-15(21-22)13-2-1-7-24-13/h1-8,18H,9H2,(H,19,20,21). The molecule has 4 aromatic rings. The van der Waals surface area contributed by atoms with Gasteiger partial charge in [0, 0.05) is 16.2 Å². The summed E-state index contributed by atoms with van der Waals surface area (Å²) in [6, 6.07) is 13.2. The van der Waals surface area contributed by atoms with E-state index in [1.54, 1.807) is 11.3 Å². The van der Waals surface area contributed by atoms with Crippen molar-refractivity contribution in [2.24, 2.45) is 0 Å². The van der Waals surface area contributed by atoms with Crippen LogP contribution < -0.4 is 10.9 Å². The van der Waals surface area contributed by atoms with Gasteiger partial charge in [0.25, 0.3) is 11.3 Å². The fourth-order valence-corrected chi connectivity index (χ4v) is 3.23. The zero-order valence-electron chi connectivity index (χ0n) is 12.4. The molecular formula is C16H12BrN5OS. The maximum Gasteiger partial charge on any atom is 0.274 e. The molecule has 24 heavy (non-hydrogen) atoms. The highest BCUT2D eigenvalue weighted by atomic mass is 79.9. The van der Waals surface area contributed by atoms with E-state index in [2.05, 4.69) is 36.3 Å². The number of hydrogen-bond donors (Lipinski definition) is 2. The molecule has 0 aliphatic rings. The van der Waals surface area contributed by atoms with Gasteiger partial charge < -0.3 is 5.32 Å². The summed E-state index contributed by atoms with van der Waals surface area (Å²) in [5, 5.41) is 8.20. The maximum absolute atomic E-state index is 12.3. The molecule has 3 heterocycles. The molecule has 1 aromatic carbocycles. The van der Waals surface area contributed by atoms with Gasteiger partial charge in [-0.15, -0.1) is 11.3 Å². The van der Waals surface area contributed by atoms with Crippen LogP contribution in [0.25, 0.3) is 16.5 Å². The number of hydrogen-bond acceptors (Lipinski definition) is 5. The number of H-pyrrole nitrogens is 1.